The number of nitrogens with zero attached hydrogens (tertiary/aromatic N) is 4. The molecule has 3 rings (SSSR count). The summed E-state index contributed by atoms with van der Waals surface area (Å²) in [5.74, 6) is 1.92. The standard InChI is InChI=1S/C14H15N5O/c1-10-4-3-5-11(8-10)14-16-13(20-18-14)9-15-12-6-7-19(2)17-12/h3-8H,9H2,1-2H3,(H,15,17). The highest BCUT2D eigenvalue weighted by molar-refractivity contribution is 5.55. The topological polar surface area (TPSA) is 68.8 Å². The van der Waals surface area contributed by atoms with Gasteiger partial charge in [-0.05, 0) is 13.0 Å². The summed E-state index contributed by atoms with van der Waals surface area (Å²) in [5.41, 5.74) is 2.12. The molecule has 0 radical (unpaired) electrons. The van der Waals surface area contributed by atoms with E-state index in [-0.39, 0.29) is 0 Å². The number of hydrogen-bond donors (Lipinski definition) is 1. The summed E-state index contributed by atoms with van der Waals surface area (Å²) in [6.45, 7) is 2.49. The van der Waals surface area contributed by atoms with Crippen LogP contribution in [0.25, 0.3) is 11.4 Å². The van der Waals surface area contributed by atoms with Gasteiger partial charge in [-0.1, -0.05) is 28.9 Å². The van der Waals surface area contributed by atoms with Gasteiger partial charge in [-0.15, -0.1) is 0 Å². The fourth-order valence-corrected chi connectivity index (χ4v) is 1.90. The molecular formula is C14H15N5O. The molecular weight excluding hydrogens is 254 g/mol. The van der Waals surface area contributed by atoms with E-state index in [0.717, 1.165) is 11.4 Å². The second kappa shape index (κ2) is 5.16. The minimum Gasteiger partial charge on any atom is -0.360 e. The Balaban J connectivity index is 1.70. The zero-order valence-corrected chi connectivity index (χ0v) is 11.4. The van der Waals surface area contributed by atoms with Gasteiger partial charge in [-0.2, -0.15) is 10.1 Å². The van der Waals surface area contributed by atoms with Crippen molar-refractivity contribution in [3.05, 3.63) is 48.0 Å². The summed E-state index contributed by atoms with van der Waals surface area (Å²) in [6.07, 6.45) is 1.87. The monoisotopic (exact) mass is 269 g/mol. The Bertz CT molecular complexity index is 716. The molecule has 20 heavy (non-hydrogen) atoms. The lowest BCUT2D eigenvalue weighted by atomic mass is 10.1. The maximum atomic E-state index is 5.23. The number of aryl methyl sites for hydroxylation is 2. The van der Waals surface area contributed by atoms with Crippen LogP contribution < -0.4 is 5.32 Å². The molecule has 0 unspecified atom stereocenters. The van der Waals surface area contributed by atoms with Crippen molar-refractivity contribution in [3.63, 3.8) is 0 Å². The van der Waals surface area contributed by atoms with Crippen molar-refractivity contribution < 1.29 is 4.52 Å². The predicted octanol–water partition coefficient (Wildman–Crippen LogP) is 2.39. The van der Waals surface area contributed by atoms with E-state index in [1.165, 1.54) is 5.56 Å². The fraction of sp³-hybridized carbons (Fsp3) is 0.214. The molecule has 0 saturated heterocycles. The van der Waals surface area contributed by atoms with Crippen LogP contribution in [0, 0.1) is 6.92 Å². The molecule has 0 bridgehead atoms. The van der Waals surface area contributed by atoms with Crippen LogP contribution in [0.4, 0.5) is 5.82 Å². The highest BCUT2D eigenvalue weighted by Gasteiger charge is 2.08. The van der Waals surface area contributed by atoms with Crippen LogP contribution in [-0.4, -0.2) is 19.9 Å². The maximum absolute atomic E-state index is 5.23. The van der Waals surface area contributed by atoms with Crippen LogP contribution in [0.5, 0.6) is 0 Å². The summed E-state index contributed by atoms with van der Waals surface area (Å²) < 4.78 is 6.96. The van der Waals surface area contributed by atoms with Crippen molar-refractivity contribution in [2.75, 3.05) is 5.32 Å². The quantitative estimate of drug-likeness (QED) is 0.787. The molecule has 0 atom stereocenters. The first-order valence-electron chi connectivity index (χ1n) is 6.34. The van der Waals surface area contributed by atoms with Crippen molar-refractivity contribution in [2.24, 2.45) is 7.05 Å². The van der Waals surface area contributed by atoms with E-state index in [1.807, 2.05) is 50.5 Å². The van der Waals surface area contributed by atoms with Gasteiger partial charge in [-0.3, -0.25) is 4.68 Å². The van der Waals surface area contributed by atoms with Crippen LogP contribution in [0.1, 0.15) is 11.5 Å². The molecule has 0 saturated carbocycles. The van der Waals surface area contributed by atoms with Gasteiger partial charge in [0.15, 0.2) is 0 Å². The minimum atomic E-state index is 0.454. The smallest absolute Gasteiger partial charge is 0.246 e. The summed E-state index contributed by atoms with van der Waals surface area (Å²) >= 11 is 0. The lowest BCUT2D eigenvalue weighted by Gasteiger charge is -1.97. The lowest BCUT2D eigenvalue weighted by molar-refractivity contribution is 0.384. The summed E-state index contributed by atoms with van der Waals surface area (Å²) in [6, 6.07) is 9.90. The molecule has 0 aliphatic heterocycles. The van der Waals surface area contributed by atoms with Crippen molar-refractivity contribution in [2.45, 2.75) is 13.5 Å². The van der Waals surface area contributed by atoms with Gasteiger partial charge in [0, 0.05) is 24.9 Å². The van der Waals surface area contributed by atoms with E-state index in [1.54, 1.807) is 4.68 Å². The number of anilines is 1. The number of nitrogens with one attached hydrogen (secondary N) is 1. The second-order valence-electron chi connectivity index (χ2n) is 4.61. The van der Waals surface area contributed by atoms with Crippen LogP contribution in [0.2, 0.25) is 0 Å². The first-order valence-corrected chi connectivity index (χ1v) is 6.34. The molecule has 0 spiro atoms. The number of benzene rings is 1. The van der Waals surface area contributed by atoms with Crippen molar-refractivity contribution in [3.8, 4) is 11.4 Å². The number of aromatic nitrogens is 4. The Hall–Kier alpha value is -2.63. The average Bonchev–Trinajstić information content (AvgIpc) is 3.05. The summed E-state index contributed by atoms with van der Waals surface area (Å²) in [7, 11) is 1.87. The van der Waals surface area contributed by atoms with E-state index < -0.39 is 0 Å². The fourth-order valence-electron chi connectivity index (χ4n) is 1.90. The first kappa shape index (κ1) is 12.4. The van der Waals surface area contributed by atoms with E-state index in [0.29, 0.717) is 18.3 Å². The first-order chi connectivity index (χ1) is 9.70. The highest BCUT2D eigenvalue weighted by atomic mass is 16.5. The molecule has 0 fully saturated rings. The molecule has 0 aliphatic carbocycles. The van der Waals surface area contributed by atoms with E-state index in [4.69, 9.17) is 4.52 Å². The Morgan fingerprint density at radius 1 is 1.30 bits per heavy atom. The van der Waals surface area contributed by atoms with Gasteiger partial charge in [0.1, 0.15) is 5.82 Å². The van der Waals surface area contributed by atoms with Crippen molar-refractivity contribution >= 4 is 5.82 Å². The molecule has 2 aromatic heterocycles. The van der Waals surface area contributed by atoms with Gasteiger partial charge in [-0.25, -0.2) is 0 Å². The van der Waals surface area contributed by atoms with Crippen LogP contribution >= 0.6 is 0 Å². The van der Waals surface area contributed by atoms with Crippen LogP contribution in [-0.2, 0) is 13.6 Å². The van der Waals surface area contributed by atoms with Gasteiger partial charge in [0.2, 0.25) is 11.7 Å². The van der Waals surface area contributed by atoms with Crippen LogP contribution in [0.15, 0.2) is 41.1 Å². The Labute approximate surface area is 116 Å². The molecule has 6 nitrogen and oxygen atoms in total. The molecule has 1 N–H and O–H groups in total. The van der Waals surface area contributed by atoms with Gasteiger partial charge in [0.05, 0.1) is 6.54 Å². The van der Waals surface area contributed by atoms with E-state index in [9.17, 15) is 0 Å². The minimum absolute atomic E-state index is 0.454. The zero-order valence-electron chi connectivity index (χ0n) is 11.4. The lowest BCUT2D eigenvalue weighted by Crippen LogP contribution is -2.01. The number of hydrogen-bond acceptors (Lipinski definition) is 5. The van der Waals surface area contributed by atoms with E-state index >= 15 is 0 Å². The maximum Gasteiger partial charge on any atom is 0.246 e. The zero-order chi connectivity index (χ0) is 13.9. The van der Waals surface area contributed by atoms with Crippen molar-refractivity contribution in [1.29, 1.82) is 0 Å². The Morgan fingerprint density at radius 3 is 2.95 bits per heavy atom. The van der Waals surface area contributed by atoms with Crippen LogP contribution in [0.3, 0.4) is 0 Å². The summed E-state index contributed by atoms with van der Waals surface area (Å²) in [4.78, 5) is 4.37. The normalized spacial score (nSPS) is 10.7. The molecule has 2 heterocycles. The molecule has 102 valence electrons. The van der Waals surface area contributed by atoms with E-state index in [2.05, 4.69) is 20.6 Å². The molecule has 6 heteroatoms. The SMILES string of the molecule is Cc1cccc(-c2noc(CNc3ccn(C)n3)n2)c1. The third-order valence-corrected chi connectivity index (χ3v) is 2.88. The van der Waals surface area contributed by atoms with Gasteiger partial charge >= 0.3 is 0 Å². The molecule has 0 aliphatic rings. The van der Waals surface area contributed by atoms with Crippen molar-refractivity contribution in [1.82, 2.24) is 19.9 Å². The predicted molar refractivity (Wildman–Crippen MR) is 75.0 cm³/mol. The highest BCUT2D eigenvalue weighted by Crippen LogP contribution is 2.17. The molecule has 1 aromatic carbocycles. The molecule has 0 amide bonds. The third kappa shape index (κ3) is 2.69. The third-order valence-electron chi connectivity index (χ3n) is 2.88. The Kier molecular flexibility index (Phi) is 3.20. The summed E-state index contributed by atoms with van der Waals surface area (Å²) in [5, 5.41) is 11.3. The number of rotatable bonds is 4. The Morgan fingerprint density at radius 2 is 2.20 bits per heavy atom. The molecule has 3 aromatic rings. The average molecular weight is 269 g/mol. The van der Waals surface area contributed by atoms with Gasteiger partial charge < -0.3 is 9.84 Å². The van der Waals surface area contributed by atoms with Gasteiger partial charge in [0.25, 0.3) is 0 Å². The second-order valence-corrected chi connectivity index (χ2v) is 4.61. The largest absolute Gasteiger partial charge is 0.360 e.